The van der Waals surface area contributed by atoms with Gasteiger partial charge in [0.25, 0.3) is 0 Å². The van der Waals surface area contributed by atoms with Crippen molar-refractivity contribution in [3.63, 3.8) is 0 Å². The van der Waals surface area contributed by atoms with E-state index in [0.29, 0.717) is 0 Å². The lowest BCUT2D eigenvalue weighted by molar-refractivity contribution is -0.0124. The first kappa shape index (κ1) is 23.0. The second-order valence-corrected chi connectivity index (χ2v) is 10.0. The molecule has 2 aromatic carbocycles. The number of ether oxygens (including phenoxy) is 2. The fraction of sp³-hybridized carbons (Fsp3) is 0.345. The van der Waals surface area contributed by atoms with Gasteiger partial charge in [0.1, 0.15) is 11.5 Å². The van der Waals surface area contributed by atoms with Crippen LogP contribution in [-0.4, -0.2) is 65.3 Å². The smallest absolute Gasteiger partial charge is 0.120 e. The van der Waals surface area contributed by atoms with Crippen molar-refractivity contribution in [2.24, 2.45) is 0 Å². The fourth-order valence-corrected chi connectivity index (χ4v) is 6.18. The van der Waals surface area contributed by atoms with Crippen molar-refractivity contribution < 1.29 is 14.6 Å². The number of nitrogens with zero attached hydrogens (tertiary/aromatic N) is 3. The average Bonchev–Trinajstić information content (AvgIpc) is 3.27. The third-order valence-electron chi connectivity index (χ3n) is 7.70. The lowest BCUT2D eigenvalue weighted by Crippen LogP contribution is -2.65. The topological polar surface area (TPSA) is 73.9 Å². The molecule has 4 heterocycles. The highest BCUT2D eigenvalue weighted by Gasteiger charge is 2.52. The van der Waals surface area contributed by atoms with Crippen LogP contribution in [0.4, 0.5) is 0 Å². The summed E-state index contributed by atoms with van der Waals surface area (Å²) in [6.07, 6.45) is 1.86. The van der Waals surface area contributed by atoms with Crippen molar-refractivity contribution >= 4 is 10.9 Å². The molecule has 0 amide bonds. The second kappa shape index (κ2) is 9.24. The van der Waals surface area contributed by atoms with Crippen LogP contribution in [0.2, 0.25) is 0 Å². The Labute approximate surface area is 211 Å². The molecule has 2 N–H and O–H groups in total. The lowest BCUT2D eigenvalue weighted by atomic mass is 9.68. The Morgan fingerprint density at radius 3 is 2.56 bits per heavy atom. The Hall–Kier alpha value is -3.39. The fourth-order valence-electron chi connectivity index (χ4n) is 6.18. The summed E-state index contributed by atoms with van der Waals surface area (Å²) in [7, 11) is 3.39. The zero-order chi connectivity index (χ0) is 24.7. The Morgan fingerprint density at radius 1 is 0.972 bits per heavy atom. The van der Waals surface area contributed by atoms with E-state index in [1.54, 1.807) is 14.2 Å². The Kier molecular flexibility index (Phi) is 5.91. The van der Waals surface area contributed by atoms with Crippen LogP contribution in [0.1, 0.15) is 28.6 Å². The van der Waals surface area contributed by atoms with Crippen LogP contribution in [0.3, 0.4) is 0 Å². The van der Waals surface area contributed by atoms with Gasteiger partial charge in [0.2, 0.25) is 0 Å². The van der Waals surface area contributed by atoms with Gasteiger partial charge in [-0.25, -0.2) is 0 Å². The maximum absolute atomic E-state index is 10.6. The molecular weight excluding hydrogens is 452 g/mol. The molecule has 1 atom stereocenters. The second-order valence-electron chi connectivity index (χ2n) is 10.0. The van der Waals surface area contributed by atoms with Crippen molar-refractivity contribution in [1.29, 1.82) is 0 Å². The van der Waals surface area contributed by atoms with Gasteiger partial charge in [-0.2, -0.15) is 0 Å². The molecule has 2 aromatic heterocycles. The first-order chi connectivity index (χ1) is 17.6. The standard InChI is InChI=1S/C29H32N4O3/c1-35-22-8-5-6-20(12-22)14-33-19-29(17-32(18-29)15-21-7-3-4-11-30-21)27-24-10-9-23(36-2)13-25(24)31-28(27)26(33)16-34/h3-13,26,31,34H,14-19H2,1-2H3/t26-/m1/s1. The zero-order valence-electron chi connectivity index (χ0n) is 20.8. The minimum absolute atomic E-state index is 0.0263. The maximum atomic E-state index is 10.6. The summed E-state index contributed by atoms with van der Waals surface area (Å²) in [6.45, 7) is 4.40. The molecule has 6 rings (SSSR count). The normalized spacial score (nSPS) is 19.2. The van der Waals surface area contributed by atoms with E-state index >= 15 is 0 Å². The number of nitrogens with one attached hydrogen (secondary N) is 1. The van der Waals surface area contributed by atoms with Crippen LogP contribution in [0.15, 0.2) is 66.9 Å². The van der Waals surface area contributed by atoms with E-state index in [2.05, 4.69) is 50.1 Å². The number of aromatic nitrogens is 2. The van der Waals surface area contributed by atoms with Crippen LogP contribution in [0, 0.1) is 0 Å². The third kappa shape index (κ3) is 3.93. The number of likely N-dealkylation sites (tertiary alicyclic amines) is 1. The SMILES string of the molecule is COc1cccc(CN2CC3(CN(Cc4ccccn4)C3)c3c([nH]c4cc(OC)ccc34)[C@H]2CO)c1. The number of hydrogen-bond donors (Lipinski definition) is 2. The predicted molar refractivity (Wildman–Crippen MR) is 139 cm³/mol. The van der Waals surface area contributed by atoms with Crippen molar-refractivity contribution in [3.05, 3.63) is 89.4 Å². The van der Waals surface area contributed by atoms with Gasteiger partial charge >= 0.3 is 0 Å². The number of fused-ring (bicyclic) bond motifs is 4. The monoisotopic (exact) mass is 484 g/mol. The van der Waals surface area contributed by atoms with E-state index in [1.807, 2.05) is 36.5 Å². The summed E-state index contributed by atoms with van der Waals surface area (Å²) < 4.78 is 11.0. The van der Waals surface area contributed by atoms with Gasteiger partial charge in [-0.1, -0.05) is 18.2 Å². The number of hydrogen-bond acceptors (Lipinski definition) is 6. The predicted octanol–water partition coefficient (Wildman–Crippen LogP) is 3.88. The molecule has 2 aliphatic rings. The molecule has 186 valence electrons. The van der Waals surface area contributed by atoms with Crippen LogP contribution >= 0.6 is 0 Å². The number of H-pyrrole nitrogens is 1. The van der Waals surface area contributed by atoms with Gasteiger partial charge in [-0.3, -0.25) is 14.8 Å². The molecule has 1 saturated heterocycles. The number of pyridine rings is 1. The van der Waals surface area contributed by atoms with Gasteiger partial charge < -0.3 is 19.6 Å². The molecule has 0 saturated carbocycles. The van der Waals surface area contributed by atoms with Gasteiger partial charge in [0.05, 0.1) is 32.6 Å². The van der Waals surface area contributed by atoms with Crippen molar-refractivity contribution in [3.8, 4) is 11.5 Å². The molecule has 7 heteroatoms. The van der Waals surface area contributed by atoms with Gasteiger partial charge in [0, 0.05) is 67.0 Å². The summed E-state index contributed by atoms with van der Waals surface area (Å²) >= 11 is 0. The maximum Gasteiger partial charge on any atom is 0.120 e. The third-order valence-corrected chi connectivity index (χ3v) is 7.70. The largest absolute Gasteiger partial charge is 0.497 e. The summed E-state index contributed by atoms with van der Waals surface area (Å²) in [4.78, 5) is 13.1. The molecule has 7 nitrogen and oxygen atoms in total. The quantitative estimate of drug-likeness (QED) is 0.415. The minimum Gasteiger partial charge on any atom is -0.497 e. The number of methoxy groups -OCH3 is 2. The number of aliphatic hydroxyl groups excluding tert-OH is 1. The number of aliphatic hydroxyl groups is 1. The molecular formula is C29H32N4O3. The van der Waals surface area contributed by atoms with Crippen molar-refractivity contribution in [2.45, 2.75) is 24.5 Å². The molecule has 2 aliphatic heterocycles. The van der Waals surface area contributed by atoms with Crippen LogP contribution < -0.4 is 9.47 Å². The molecule has 1 spiro atoms. The van der Waals surface area contributed by atoms with Gasteiger partial charge in [0.15, 0.2) is 0 Å². The van der Waals surface area contributed by atoms with Crippen LogP contribution in [0.5, 0.6) is 11.5 Å². The average molecular weight is 485 g/mol. The molecule has 0 radical (unpaired) electrons. The highest BCUT2D eigenvalue weighted by Crippen LogP contribution is 2.49. The van der Waals surface area contributed by atoms with E-state index in [4.69, 9.17) is 9.47 Å². The summed E-state index contributed by atoms with van der Waals surface area (Å²) in [5.41, 5.74) is 5.76. The minimum atomic E-state index is -0.111. The Morgan fingerprint density at radius 2 is 1.81 bits per heavy atom. The molecule has 0 aliphatic carbocycles. The molecule has 4 aromatic rings. The van der Waals surface area contributed by atoms with Crippen LogP contribution in [0.25, 0.3) is 10.9 Å². The first-order valence-electron chi connectivity index (χ1n) is 12.4. The van der Waals surface area contributed by atoms with E-state index in [9.17, 15) is 5.11 Å². The molecule has 1 fully saturated rings. The van der Waals surface area contributed by atoms with E-state index in [1.165, 1.54) is 16.5 Å². The Balaban J connectivity index is 1.38. The molecule has 0 bridgehead atoms. The number of benzene rings is 2. The van der Waals surface area contributed by atoms with E-state index < -0.39 is 0 Å². The highest BCUT2D eigenvalue weighted by molar-refractivity contribution is 5.88. The molecule has 36 heavy (non-hydrogen) atoms. The van der Waals surface area contributed by atoms with Crippen molar-refractivity contribution in [2.75, 3.05) is 40.5 Å². The van der Waals surface area contributed by atoms with Gasteiger partial charge in [-0.05, 0) is 47.5 Å². The van der Waals surface area contributed by atoms with Crippen LogP contribution in [-0.2, 0) is 18.5 Å². The number of aromatic amines is 1. The highest BCUT2D eigenvalue weighted by atomic mass is 16.5. The summed E-state index contributed by atoms with van der Waals surface area (Å²) in [6, 6.07) is 20.5. The van der Waals surface area contributed by atoms with E-state index in [0.717, 1.165) is 61.1 Å². The van der Waals surface area contributed by atoms with E-state index in [-0.39, 0.29) is 18.1 Å². The Bertz CT molecular complexity index is 1360. The summed E-state index contributed by atoms with van der Waals surface area (Å²) in [5, 5.41) is 11.8. The van der Waals surface area contributed by atoms with Gasteiger partial charge in [-0.15, -0.1) is 0 Å². The zero-order valence-corrected chi connectivity index (χ0v) is 20.8. The first-order valence-corrected chi connectivity index (χ1v) is 12.4. The van der Waals surface area contributed by atoms with Crippen molar-refractivity contribution in [1.82, 2.24) is 19.8 Å². The molecule has 0 unspecified atom stereocenters. The summed E-state index contributed by atoms with van der Waals surface area (Å²) in [5.74, 6) is 1.68. The number of rotatable bonds is 7. The lowest BCUT2D eigenvalue weighted by Gasteiger charge is -2.56.